The molecule has 3 aliphatic rings. The number of rotatable bonds is 12. The second-order valence-electron chi connectivity index (χ2n) is 24.6. The molecule has 1 unspecified atom stereocenters. The van der Waals surface area contributed by atoms with Crippen molar-refractivity contribution in [2.45, 2.75) is 47.6 Å². The Hall–Kier alpha value is -11.7. The Morgan fingerprint density at radius 3 is 1.24 bits per heavy atom. The number of carbonyl (C=O) groups is 8. The molecule has 3 radical (unpaired) electrons. The molecule has 8 aromatic carbocycles. The normalized spacial score (nSPS) is 12.4. The van der Waals surface area contributed by atoms with Crippen LogP contribution in [0.15, 0.2) is 189 Å². The molecule has 0 bridgehead atoms. The van der Waals surface area contributed by atoms with Gasteiger partial charge < -0.3 is 91.9 Å². The molecule has 0 saturated carbocycles. The van der Waals surface area contributed by atoms with Crippen LogP contribution in [0.2, 0.25) is 0 Å². The van der Waals surface area contributed by atoms with Gasteiger partial charge in [-0.2, -0.15) is 0 Å². The summed E-state index contributed by atoms with van der Waals surface area (Å²) in [5, 5.41) is 89.4. The third kappa shape index (κ3) is 24.6. The Balaban J connectivity index is 0.000000749. The van der Waals surface area contributed by atoms with Crippen molar-refractivity contribution in [1.82, 2.24) is 29.9 Å². The summed E-state index contributed by atoms with van der Waals surface area (Å²) in [4.78, 5) is 152. The first-order valence-corrected chi connectivity index (χ1v) is 34.0. The van der Waals surface area contributed by atoms with Gasteiger partial charge in [0, 0.05) is 218 Å². The molecule has 0 aliphatic carbocycles. The number of hydrogen-bond donors (Lipinski definition) is 11. The van der Waals surface area contributed by atoms with E-state index in [1.54, 1.807) is 86.0 Å². The molecule has 2 amide bonds. The number of methoxy groups -OCH3 is 3. The van der Waals surface area contributed by atoms with Gasteiger partial charge in [-0.25, -0.2) is 19.2 Å². The number of amides is 2. The first-order valence-electron chi connectivity index (χ1n) is 34.0. The summed E-state index contributed by atoms with van der Waals surface area (Å²) in [6.45, 7) is 3.75. The van der Waals surface area contributed by atoms with E-state index in [9.17, 15) is 84.2 Å². The summed E-state index contributed by atoms with van der Waals surface area (Å²) >= 11 is 0. The predicted molar refractivity (Wildman–Crippen MR) is 442 cm³/mol. The number of nitro groups is 4. The second-order valence-corrected chi connectivity index (χ2v) is 24.6. The predicted octanol–water partition coefficient (Wildman–Crippen LogP) is 4.37. The van der Waals surface area contributed by atoms with Crippen LogP contribution in [0.4, 0.5) is 34.1 Å². The third-order valence-corrected chi connectivity index (χ3v) is 17.8. The van der Waals surface area contributed by atoms with Gasteiger partial charge in [-0.1, -0.05) is 22.3 Å². The number of ketones is 1. The monoisotopic (exact) mass is 1730 g/mol. The second kappa shape index (κ2) is 48.8. The number of anilines is 2. The van der Waals surface area contributed by atoms with E-state index in [0.29, 0.717) is 33.1 Å². The van der Waals surface area contributed by atoms with Crippen molar-refractivity contribution in [3.05, 3.63) is 268 Å². The number of Topliss-reactive ketones (excluding diaryl/α,β-unsaturated/α-hetero) is 1. The number of carbonyl (C=O) groups excluding carboxylic acids is 7. The van der Waals surface area contributed by atoms with Gasteiger partial charge in [0.25, 0.3) is 46.8 Å². The summed E-state index contributed by atoms with van der Waals surface area (Å²) in [6.07, 6.45) is 13.0. The number of fused-ring (bicyclic) bond motifs is 8. The summed E-state index contributed by atoms with van der Waals surface area (Å²) < 4.78 is 19.0. The number of aliphatic hydroxyl groups excluding tert-OH is 1. The third-order valence-electron chi connectivity index (χ3n) is 17.8. The molecule has 0 spiro atoms. The molecule has 1 fully saturated rings. The van der Waals surface area contributed by atoms with Crippen LogP contribution < -0.4 is 138 Å². The van der Waals surface area contributed by atoms with Gasteiger partial charge in [0.1, 0.15) is 0 Å². The SMILES string of the molecule is C.C.C.C1CCOC1.CCO.COC(=O)c1ccc2[nH]cc(-c3c[nH]c4ccc([N+](=O)[O-])cc34)c2c1.COC(=O)c1ccc2[nH]cc(C3(O)C(=O)Nc4ccc([N+](=O)[O-])cc43)c2c1.COC(=O)c1ccc2[nH]ccc2c1.O=C(O)c1ccc2[nH]cc(-c3c[nH]c4ccc([N+](=O)[O-])cc34)c2c1.O=C1Nc2ccc([N+](=O)[O-])cc2C1=O.O=CO[O-].[B].[H-].[K+].[K+].[Li+].[OH-]. The van der Waals surface area contributed by atoms with Crippen LogP contribution in [0.25, 0.3) is 87.7 Å². The number of H-pyrrole nitrogens is 6. The van der Waals surface area contributed by atoms with E-state index >= 15 is 0 Å². The molecule has 17 rings (SSSR count). The minimum Gasteiger partial charge on any atom is -1.00 e. The fourth-order valence-electron chi connectivity index (χ4n) is 12.3. The summed E-state index contributed by atoms with van der Waals surface area (Å²) in [5.74, 6) is -4.50. The van der Waals surface area contributed by atoms with Crippen molar-refractivity contribution >= 4 is 156 Å². The first-order chi connectivity index (χ1) is 55.2. The zero-order valence-corrected chi connectivity index (χ0v) is 70.9. The van der Waals surface area contributed by atoms with Crippen molar-refractivity contribution in [2.24, 2.45) is 0 Å². The van der Waals surface area contributed by atoms with Gasteiger partial charge in [-0.3, -0.25) is 59.6 Å². The number of non-ortho nitro benzene ring substituents is 4. The van der Waals surface area contributed by atoms with Crippen LogP contribution in [0.1, 0.15) is 106 Å². The smallest absolute Gasteiger partial charge is 1.00 e. The van der Waals surface area contributed by atoms with E-state index in [2.05, 4.69) is 50.2 Å². The van der Waals surface area contributed by atoms with Crippen molar-refractivity contribution in [2.75, 3.05) is 51.8 Å². The Morgan fingerprint density at radius 2 is 0.837 bits per heavy atom. The number of ether oxygens (including phenoxy) is 4. The van der Waals surface area contributed by atoms with Crippen molar-refractivity contribution in [1.29, 1.82) is 0 Å². The minimum absolute atomic E-state index is 0. The fourth-order valence-corrected chi connectivity index (χ4v) is 12.3. The maximum absolute atomic E-state index is 12.6. The molecule has 12 N–H and O–H groups in total. The number of benzene rings is 8. The van der Waals surface area contributed by atoms with E-state index in [1.807, 2.05) is 36.8 Å². The molecule has 1 atom stereocenters. The molecule has 3 aliphatic heterocycles. The Bertz CT molecular complexity index is 6070. The molecule has 9 heterocycles. The van der Waals surface area contributed by atoms with E-state index in [-0.39, 0.29) is 235 Å². The molecular weight excluding hydrogens is 1650 g/mol. The minimum atomic E-state index is -2.14. The summed E-state index contributed by atoms with van der Waals surface area (Å²) in [5.41, 5.74) is 7.92. The number of aromatic nitrogens is 6. The summed E-state index contributed by atoms with van der Waals surface area (Å²) in [6, 6.07) is 38.8. The zero-order chi connectivity index (χ0) is 82.9. The van der Waals surface area contributed by atoms with Gasteiger partial charge in [0.2, 0.25) is 0 Å². The molecule has 1 saturated heterocycles. The van der Waals surface area contributed by atoms with Crippen molar-refractivity contribution < 1.29 is 231 Å². The summed E-state index contributed by atoms with van der Waals surface area (Å²) in [7, 11) is 3.96. The van der Waals surface area contributed by atoms with Crippen LogP contribution in [0, 0.1) is 40.5 Å². The van der Waals surface area contributed by atoms with Crippen molar-refractivity contribution in [3.63, 3.8) is 0 Å². The standard InChI is InChI=1S/C18H13N3O6.C18H13N3O4.C17H11N3O4.C10H9NO2.C8H4N2O4.C4H8O.C2H6O.CH2O3.3CH4.B.2K.Li.H2O.H/c1-27-16(22)9-2-4-14-11(6-9)13(8-19-14)18(24)12-7-10(21(25)26)3-5-15(12)20-17(18)23;1-25-18(22)10-2-4-16-12(6-10)14(8-19-16)15-9-20-17-5-3-11(21(23)24)7-13(15)17;21-17(22)9-1-3-15-11(5-9)13(7-18-15)14-8-19-16-4-2-10(20(23)24)6-12(14)16;1-13-10(12)8-2-3-9-7(6-8)4-5-11-9;11-7-5-3-4(10(13)14)1-2-6(5)9-8(7)12;1-2-4-5-3-1;1-2-3;2-1-4-3;;;;;;;;;/h2-8,19,24H,1H3,(H,20,23);2-9,19-20H,1H3;1-8,18-19H,(H,21,22);2-6,11H,1H3;1-3H,(H,9,11,12);1-4H2;3H,2H2,1H3;1,3H;3*1H4;;;;;1H2;/q;;;;;;;;;;;;3*+1;;-1/p-2. The number of carboxylic acids is 1. The number of nitrogens with zero attached hydrogens (tertiary/aromatic N) is 4. The molecule has 14 aromatic rings. The molecular formula is C81H79BK2LiN12O26. The maximum Gasteiger partial charge on any atom is 1.00 e. The number of aromatic amines is 6. The number of aliphatic hydroxyl groups is 2. The number of hydrogen-bond acceptors (Lipinski definition) is 25. The van der Waals surface area contributed by atoms with Crippen LogP contribution in [0.3, 0.4) is 0 Å². The quantitative estimate of drug-likeness (QED) is 0.0118. The molecule has 42 heteroatoms. The largest absolute Gasteiger partial charge is 1.00 e. The maximum atomic E-state index is 12.6. The van der Waals surface area contributed by atoms with Crippen LogP contribution in [-0.2, 0) is 43.8 Å². The van der Waals surface area contributed by atoms with E-state index in [4.69, 9.17) is 29.4 Å². The Morgan fingerprint density at radius 1 is 0.488 bits per heavy atom. The molecule has 123 heavy (non-hydrogen) atoms. The molecule has 6 aromatic heterocycles. The number of carboxylic acid groups (broad SMARTS) is 1. The fraction of sp³-hybridized carbons (Fsp3) is 0.160. The number of nitrogens with one attached hydrogen (secondary N) is 8. The average Bonchev–Trinajstić information content (AvgIpc) is 1.55. The van der Waals surface area contributed by atoms with Gasteiger partial charge in [-0.05, 0) is 123 Å². The first kappa shape index (κ1) is 107. The van der Waals surface area contributed by atoms with Crippen molar-refractivity contribution in [3.8, 4) is 22.3 Å². The molecule has 625 valence electrons. The Labute approximate surface area is 798 Å². The van der Waals surface area contributed by atoms with E-state index in [1.165, 1.54) is 95.0 Å². The average molecular weight is 1730 g/mol. The van der Waals surface area contributed by atoms with Crippen LogP contribution >= 0.6 is 0 Å². The number of nitro benzene ring substituents is 4. The Kier molecular flexibility index (Phi) is 42.6. The van der Waals surface area contributed by atoms with Crippen LogP contribution in [0.5, 0.6) is 0 Å². The van der Waals surface area contributed by atoms with E-state index < -0.39 is 60.8 Å². The van der Waals surface area contributed by atoms with E-state index in [0.717, 1.165) is 96.7 Å². The van der Waals surface area contributed by atoms with Crippen LogP contribution in [-0.4, -0.2) is 168 Å². The number of esters is 3. The van der Waals surface area contributed by atoms with Gasteiger partial charge >= 0.3 is 146 Å². The molecule has 38 nitrogen and oxygen atoms in total. The van der Waals surface area contributed by atoms with Gasteiger partial charge in [0.15, 0.2) is 5.60 Å². The topological polar surface area (TPSA) is 588 Å². The zero-order valence-electron chi connectivity index (χ0n) is 65.6. The number of aromatic carboxylic acids is 1. The van der Waals surface area contributed by atoms with Gasteiger partial charge in [0.05, 0.1) is 74.5 Å². The van der Waals surface area contributed by atoms with Gasteiger partial charge in [-0.15, -0.1) is 0 Å².